The number of hydrogen-bond acceptors (Lipinski definition) is 1. The third kappa shape index (κ3) is 7.10. The Kier molecular flexibility index (Phi) is 5.53. The molecule has 0 rings (SSSR count). The summed E-state index contributed by atoms with van der Waals surface area (Å²) in [7, 11) is 0. The topological polar surface area (TPSA) is 37.3 Å². The van der Waals surface area contributed by atoms with Gasteiger partial charge in [-0.25, -0.2) is 4.79 Å². The lowest BCUT2D eigenvalue weighted by atomic mass is 10.1. The van der Waals surface area contributed by atoms with Crippen LogP contribution in [0.3, 0.4) is 0 Å². The molecule has 0 saturated carbocycles. The molecule has 0 aliphatic carbocycles. The van der Waals surface area contributed by atoms with Crippen LogP contribution < -0.4 is 0 Å². The first-order chi connectivity index (χ1) is 5.16. The Balaban J connectivity index is 3.51. The van der Waals surface area contributed by atoms with Crippen molar-refractivity contribution >= 4 is 5.97 Å². The van der Waals surface area contributed by atoms with Crippen molar-refractivity contribution in [3.63, 3.8) is 0 Å². The highest BCUT2D eigenvalue weighted by Crippen LogP contribution is 2.07. The maximum atomic E-state index is 10.2. The lowest BCUT2D eigenvalue weighted by Gasteiger charge is -1.97. The van der Waals surface area contributed by atoms with Crippen LogP contribution in [0.2, 0.25) is 0 Å². The largest absolute Gasteiger partial charge is 0.478 e. The van der Waals surface area contributed by atoms with Gasteiger partial charge in [0, 0.05) is 6.08 Å². The van der Waals surface area contributed by atoms with E-state index in [1.54, 1.807) is 0 Å². The van der Waals surface area contributed by atoms with Crippen LogP contribution in [0.1, 0.15) is 39.5 Å². The minimum absolute atomic E-state index is 0.834. The minimum atomic E-state index is -0.834. The maximum Gasteiger partial charge on any atom is 0.328 e. The van der Waals surface area contributed by atoms with E-state index >= 15 is 0 Å². The van der Waals surface area contributed by atoms with Crippen molar-refractivity contribution in [1.29, 1.82) is 0 Å². The van der Waals surface area contributed by atoms with Gasteiger partial charge in [0.1, 0.15) is 0 Å². The molecule has 0 saturated heterocycles. The van der Waals surface area contributed by atoms with Crippen LogP contribution in [-0.4, -0.2) is 11.1 Å². The zero-order chi connectivity index (χ0) is 8.69. The Labute approximate surface area is 67.9 Å². The molecule has 0 aromatic rings. The van der Waals surface area contributed by atoms with Crippen molar-refractivity contribution in [2.45, 2.75) is 39.5 Å². The smallest absolute Gasteiger partial charge is 0.328 e. The molecule has 0 bridgehead atoms. The molecule has 1 N–H and O–H groups in total. The third-order valence-electron chi connectivity index (χ3n) is 1.54. The molecule has 0 radical (unpaired) electrons. The molecule has 0 aromatic carbocycles. The molecule has 0 spiro atoms. The molecule has 0 aliphatic heterocycles. The standard InChI is InChI=1S/C9H16O2/c1-3-4-5-6-8(2)7-9(10)11/h7H,3-6H2,1-2H3,(H,10,11)/b8-7+. The summed E-state index contributed by atoms with van der Waals surface area (Å²) in [5.41, 5.74) is 0.964. The molecule has 2 heteroatoms. The van der Waals surface area contributed by atoms with Crippen molar-refractivity contribution in [3.8, 4) is 0 Å². The maximum absolute atomic E-state index is 10.2. The number of aliphatic carboxylic acids is 1. The Hall–Kier alpha value is -0.790. The monoisotopic (exact) mass is 156 g/mol. The third-order valence-corrected chi connectivity index (χ3v) is 1.54. The minimum Gasteiger partial charge on any atom is -0.478 e. The highest BCUT2D eigenvalue weighted by atomic mass is 16.4. The van der Waals surface area contributed by atoms with Crippen LogP contribution >= 0.6 is 0 Å². The Morgan fingerprint density at radius 3 is 2.55 bits per heavy atom. The van der Waals surface area contributed by atoms with Gasteiger partial charge in [-0.2, -0.15) is 0 Å². The molecular formula is C9H16O2. The fraction of sp³-hybridized carbons (Fsp3) is 0.667. The molecule has 0 unspecified atom stereocenters. The predicted octanol–water partition coefficient (Wildman–Crippen LogP) is 2.60. The number of carbonyl (C=O) groups is 1. The summed E-state index contributed by atoms with van der Waals surface area (Å²) < 4.78 is 0. The summed E-state index contributed by atoms with van der Waals surface area (Å²) in [4.78, 5) is 10.2. The van der Waals surface area contributed by atoms with Gasteiger partial charge in [-0.3, -0.25) is 0 Å². The molecule has 0 aromatic heterocycles. The number of unbranched alkanes of at least 4 members (excludes halogenated alkanes) is 2. The second-order valence-corrected chi connectivity index (χ2v) is 2.79. The van der Waals surface area contributed by atoms with Crippen LogP contribution in [0.25, 0.3) is 0 Å². The van der Waals surface area contributed by atoms with E-state index in [2.05, 4.69) is 6.92 Å². The van der Waals surface area contributed by atoms with Crippen LogP contribution in [0, 0.1) is 0 Å². The van der Waals surface area contributed by atoms with Gasteiger partial charge in [0.15, 0.2) is 0 Å². The van der Waals surface area contributed by atoms with Crippen LogP contribution in [-0.2, 0) is 4.79 Å². The number of rotatable bonds is 5. The summed E-state index contributed by atoms with van der Waals surface area (Å²) in [6.45, 7) is 4.00. The quantitative estimate of drug-likeness (QED) is 0.490. The van der Waals surface area contributed by atoms with Crippen molar-refractivity contribution in [2.24, 2.45) is 0 Å². The predicted molar refractivity (Wildman–Crippen MR) is 45.5 cm³/mol. The van der Waals surface area contributed by atoms with E-state index in [-0.39, 0.29) is 0 Å². The van der Waals surface area contributed by atoms with Crippen molar-refractivity contribution in [2.75, 3.05) is 0 Å². The zero-order valence-electron chi connectivity index (χ0n) is 7.26. The molecule has 0 heterocycles. The zero-order valence-corrected chi connectivity index (χ0v) is 7.26. The first-order valence-electron chi connectivity index (χ1n) is 4.07. The first kappa shape index (κ1) is 10.2. The van der Waals surface area contributed by atoms with Gasteiger partial charge in [-0.1, -0.05) is 25.3 Å². The summed E-state index contributed by atoms with van der Waals surface area (Å²) in [6, 6.07) is 0. The Morgan fingerprint density at radius 1 is 1.45 bits per heavy atom. The average molecular weight is 156 g/mol. The number of carboxylic acids is 1. The van der Waals surface area contributed by atoms with Gasteiger partial charge in [-0.05, 0) is 19.8 Å². The Morgan fingerprint density at radius 2 is 2.09 bits per heavy atom. The fourth-order valence-electron chi connectivity index (χ4n) is 0.937. The second-order valence-electron chi connectivity index (χ2n) is 2.79. The van der Waals surface area contributed by atoms with E-state index in [1.165, 1.54) is 18.9 Å². The van der Waals surface area contributed by atoms with E-state index in [0.717, 1.165) is 18.4 Å². The molecule has 0 aliphatic rings. The van der Waals surface area contributed by atoms with Gasteiger partial charge in [0.05, 0.1) is 0 Å². The molecule has 11 heavy (non-hydrogen) atoms. The van der Waals surface area contributed by atoms with Gasteiger partial charge in [-0.15, -0.1) is 0 Å². The number of allylic oxidation sites excluding steroid dienone is 1. The number of hydrogen-bond donors (Lipinski definition) is 1. The Bertz CT molecular complexity index is 148. The summed E-state index contributed by atoms with van der Waals surface area (Å²) in [5, 5.41) is 8.36. The summed E-state index contributed by atoms with van der Waals surface area (Å²) in [6.07, 6.45) is 5.67. The van der Waals surface area contributed by atoms with E-state index in [1.807, 2.05) is 6.92 Å². The van der Waals surface area contributed by atoms with Gasteiger partial charge < -0.3 is 5.11 Å². The van der Waals surface area contributed by atoms with Crippen molar-refractivity contribution in [1.82, 2.24) is 0 Å². The lowest BCUT2D eigenvalue weighted by Crippen LogP contribution is -1.89. The SMILES string of the molecule is CCCCC/C(C)=C/C(=O)O. The first-order valence-corrected chi connectivity index (χ1v) is 4.07. The number of carboxylic acid groups (broad SMARTS) is 1. The van der Waals surface area contributed by atoms with Crippen LogP contribution in [0.15, 0.2) is 11.6 Å². The summed E-state index contributed by atoms with van der Waals surface area (Å²) >= 11 is 0. The molecule has 0 fully saturated rings. The lowest BCUT2D eigenvalue weighted by molar-refractivity contribution is -0.131. The van der Waals surface area contributed by atoms with Crippen LogP contribution in [0.5, 0.6) is 0 Å². The fourth-order valence-corrected chi connectivity index (χ4v) is 0.937. The van der Waals surface area contributed by atoms with Crippen LogP contribution in [0.4, 0.5) is 0 Å². The second kappa shape index (κ2) is 5.96. The van der Waals surface area contributed by atoms with E-state index < -0.39 is 5.97 Å². The van der Waals surface area contributed by atoms with Gasteiger partial charge >= 0.3 is 5.97 Å². The van der Waals surface area contributed by atoms with Gasteiger partial charge in [0.25, 0.3) is 0 Å². The molecule has 2 nitrogen and oxygen atoms in total. The average Bonchev–Trinajstić information content (AvgIpc) is 1.86. The van der Waals surface area contributed by atoms with Gasteiger partial charge in [0.2, 0.25) is 0 Å². The van der Waals surface area contributed by atoms with E-state index in [4.69, 9.17) is 5.11 Å². The highest BCUT2D eigenvalue weighted by molar-refractivity contribution is 5.80. The highest BCUT2D eigenvalue weighted by Gasteiger charge is 1.93. The van der Waals surface area contributed by atoms with E-state index in [9.17, 15) is 4.79 Å². The van der Waals surface area contributed by atoms with Crippen molar-refractivity contribution < 1.29 is 9.90 Å². The molecular weight excluding hydrogens is 140 g/mol. The van der Waals surface area contributed by atoms with Crippen molar-refractivity contribution in [3.05, 3.63) is 11.6 Å². The summed E-state index contributed by atoms with van der Waals surface area (Å²) in [5.74, 6) is -0.834. The molecule has 64 valence electrons. The molecule has 0 amide bonds. The molecule has 0 atom stereocenters. The van der Waals surface area contributed by atoms with E-state index in [0.29, 0.717) is 0 Å². The normalized spacial score (nSPS) is 11.6.